The second-order valence-corrected chi connectivity index (χ2v) is 8.45. The molecular weight excluding hydrogens is 394 g/mol. The van der Waals surface area contributed by atoms with Crippen molar-refractivity contribution < 1.29 is 4.79 Å². The Morgan fingerprint density at radius 2 is 1.89 bits per heavy atom. The van der Waals surface area contributed by atoms with Crippen LogP contribution in [0.25, 0.3) is 10.2 Å². The quantitative estimate of drug-likeness (QED) is 0.594. The third-order valence-electron chi connectivity index (χ3n) is 4.35. The third-order valence-corrected chi connectivity index (χ3v) is 5.39. The first-order valence-electron chi connectivity index (χ1n) is 9.16. The van der Waals surface area contributed by atoms with Gasteiger partial charge in [-0.25, -0.2) is 4.98 Å². The highest BCUT2D eigenvalue weighted by atomic mass is 35.5. The Balaban J connectivity index is 0.00000280. The number of benzene rings is 1. The van der Waals surface area contributed by atoms with Crippen molar-refractivity contribution in [1.29, 1.82) is 0 Å². The van der Waals surface area contributed by atoms with E-state index in [1.165, 1.54) is 5.56 Å². The Morgan fingerprint density at radius 3 is 2.54 bits per heavy atom. The highest BCUT2D eigenvalue weighted by Crippen LogP contribution is 2.30. The zero-order valence-electron chi connectivity index (χ0n) is 17.3. The van der Waals surface area contributed by atoms with Crippen molar-refractivity contribution in [2.75, 3.05) is 32.1 Å². The number of amides is 1. The zero-order valence-corrected chi connectivity index (χ0v) is 18.9. The van der Waals surface area contributed by atoms with Crippen LogP contribution in [0.15, 0.2) is 24.3 Å². The molecule has 3 aromatic rings. The van der Waals surface area contributed by atoms with Gasteiger partial charge in [0.05, 0.1) is 15.9 Å². The van der Waals surface area contributed by atoms with Crippen molar-refractivity contribution >= 4 is 45.0 Å². The normalized spacial score (nSPS) is 11.3. The largest absolute Gasteiger partial charge is 0.308 e. The highest BCUT2D eigenvalue weighted by Gasteiger charge is 2.25. The number of carbonyl (C=O) groups excluding carboxylic acids is 1. The lowest BCUT2D eigenvalue weighted by Crippen LogP contribution is -2.38. The Labute approximate surface area is 176 Å². The summed E-state index contributed by atoms with van der Waals surface area (Å²) in [5, 5.41) is 5.23. The Kier molecular flexibility index (Phi) is 7.20. The summed E-state index contributed by atoms with van der Waals surface area (Å²) in [4.78, 5) is 22.0. The van der Waals surface area contributed by atoms with Crippen molar-refractivity contribution in [1.82, 2.24) is 19.7 Å². The number of likely N-dealkylation sites (N-methyl/N-ethyl adjacent to an activating group) is 1. The topological polar surface area (TPSA) is 54.3 Å². The lowest BCUT2D eigenvalue weighted by molar-refractivity contribution is 0.0973. The van der Waals surface area contributed by atoms with Crippen molar-refractivity contribution in [2.24, 2.45) is 0 Å². The molecule has 1 aromatic carbocycles. The minimum Gasteiger partial charge on any atom is -0.308 e. The maximum Gasteiger partial charge on any atom is 0.278 e. The number of nitrogens with zero attached hydrogens (tertiary/aromatic N) is 5. The molecule has 152 valence electrons. The van der Waals surface area contributed by atoms with Crippen molar-refractivity contribution in [2.45, 2.75) is 33.7 Å². The third kappa shape index (κ3) is 4.71. The summed E-state index contributed by atoms with van der Waals surface area (Å²) in [6, 6.07) is 8.17. The van der Waals surface area contributed by atoms with Crippen LogP contribution in [0.1, 0.15) is 41.6 Å². The molecule has 3 rings (SSSR count). The Bertz CT molecular complexity index is 963. The van der Waals surface area contributed by atoms with Gasteiger partial charge in [-0.05, 0) is 65.6 Å². The van der Waals surface area contributed by atoms with Crippen LogP contribution in [0.2, 0.25) is 0 Å². The average molecular weight is 422 g/mol. The number of anilines is 1. The fraction of sp³-hybridized carbons (Fsp3) is 0.450. The fourth-order valence-corrected chi connectivity index (χ4v) is 4.02. The lowest BCUT2D eigenvalue weighted by atomic mass is 10.2. The molecule has 0 radical (unpaired) electrons. The van der Waals surface area contributed by atoms with Crippen molar-refractivity contribution in [3.8, 4) is 0 Å². The van der Waals surface area contributed by atoms with E-state index in [1.807, 2.05) is 47.0 Å². The van der Waals surface area contributed by atoms with Crippen molar-refractivity contribution in [3.63, 3.8) is 0 Å². The summed E-state index contributed by atoms with van der Waals surface area (Å²) in [7, 11) is 4.01. The first-order chi connectivity index (χ1) is 12.8. The molecule has 0 fully saturated rings. The second kappa shape index (κ2) is 9.03. The number of carbonyl (C=O) groups is 1. The van der Waals surface area contributed by atoms with E-state index in [2.05, 4.69) is 29.1 Å². The van der Waals surface area contributed by atoms with Gasteiger partial charge in [-0.3, -0.25) is 14.4 Å². The predicted octanol–water partition coefficient (Wildman–Crippen LogP) is 4.32. The molecule has 2 aromatic heterocycles. The maximum absolute atomic E-state index is 13.5. The molecule has 0 saturated heterocycles. The van der Waals surface area contributed by atoms with E-state index in [4.69, 9.17) is 4.98 Å². The van der Waals surface area contributed by atoms with Crippen LogP contribution >= 0.6 is 23.7 Å². The van der Waals surface area contributed by atoms with Gasteiger partial charge < -0.3 is 4.90 Å². The molecule has 0 saturated carbocycles. The van der Waals surface area contributed by atoms with Crippen molar-refractivity contribution in [3.05, 3.63) is 41.2 Å². The fourth-order valence-electron chi connectivity index (χ4n) is 2.93. The lowest BCUT2D eigenvalue weighted by Gasteiger charge is -2.22. The van der Waals surface area contributed by atoms with Crippen LogP contribution in [-0.2, 0) is 0 Å². The van der Waals surface area contributed by atoms with E-state index in [9.17, 15) is 4.79 Å². The van der Waals surface area contributed by atoms with Gasteiger partial charge in [0.15, 0.2) is 5.13 Å². The molecule has 1 amide bonds. The van der Waals surface area contributed by atoms with E-state index >= 15 is 0 Å². The van der Waals surface area contributed by atoms with Crippen LogP contribution < -0.4 is 4.90 Å². The van der Waals surface area contributed by atoms with Crippen LogP contribution in [0, 0.1) is 13.8 Å². The highest BCUT2D eigenvalue weighted by molar-refractivity contribution is 7.22. The Morgan fingerprint density at radius 1 is 1.18 bits per heavy atom. The number of fused-ring (bicyclic) bond motifs is 1. The molecular formula is C20H28ClN5OS. The smallest absolute Gasteiger partial charge is 0.278 e. The van der Waals surface area contributed by atoms with Crippen LogP contribution in [-0.4, -0.2) is 52.8 Å². The molecule has 0 aliphatic heterocycles. The molecule has 0 N–H and O–H groups in total. The molecule has 8 heteroatoms. The summed E-state index contributed by atoms with van der Waals surface area (Å²) in [6.45, 7) is 9.39. The second-order valence-electron chi connectivity index (χ2n) is 7.44. The van der Waals surface area contributed by atoms with Gasteiger partial charge >= 0.3 is 0 Å². The van der Waals surface area contributed by atoms with E-state index in [0.29, 0.717) is 12.2 Å². The molecule has 0 spiro atoms. The molecule has 0 unspecified atom stereocenters. The molecule has 6 nitrogen and oxygen atoms in total. The average Bonchev–Trinajstić information content (AvgIpc) is 3.17. The summed E-state index contributed by atoms with van der Waals surface area (Å²) >= 11 is 1.56. The molecule has 0 atom stereocenters. The van der Waals surface area contributed by atoms with Crippen LogP contribution in [0.4, 0.5) is 5.13 Å². The first-order valence-corrected chi connectivity index (χ1v) is 9.98. The van der Waals surface area contributed by atoms with Crippen LogP contribution in [0.5, 0.6) is 0 Å². The van der Waals surface area contributed by atoms with Gasteiger partial charge in [-0.1, -0.05) is 17.4 Å². The number of aromatic nitrogens is 3. The van der Waals surface area contributed by atoms with Gasteiger partial charge in [0.1, 0.15) is 5.69 Å². The van der Waals surface area contributed by atoms with Crippen LogP contribution in [0.3, 0.4) is 0 Å². The summed E-state index contributed by atoms with van der Waals surface area (Å²) < 4.78 is 2.90. The number of thiazole rings is 1. The number of halogens is 1. The first kappa shape index (κ1) is 22.3. The number of hydrogen-bond donors (Lipinski definition) is 0. The zero-order chi connectivity index (χ0) is 19.7. The van der Waals surface area contributed by atoms with E-state index in [-0.39, 0.29) is 24.4 Å². The van der Waals surface area contributed by atoms with E-state index < -0.39 is 0 Å². The number of rotatable bonds is 6. The monoisotopic (exact) mass is 421 g/mol. The van der Waals surface area contributed by atoms with E-state index in [1.54, 1.807) is 20.9 Å². The van der Waals surface area contributed by atoms with Gasteiger partial charge in [-0.15, -0.1) is 12.4 Å². The van der Waals surface area contributed by atoms with Gasteiger partial charge in [-0.2, -0.15) is 5.10 Å². The van der Waals surface area contributed by atoms with Gasteiger partial charge in [0.2, 0.25) is 0 Å². The Hall–Kier alpha value is -1.96. The SMILES string of the molecule is Cc1ccc2nc(N(CCN(C)C)C(=O)c3cc(C)nn3C(C)C)sc2c1.Cl. The predicted molar refractivity (Wildman–Crippen MR) is 119 cm³/mol. The molecule has 0 aliphatic rings. The van der Waals surface area contributed by atoms with Gasteiger partial charge in [0.25, 0.3) is 5.91 Å². The molecule has 2 heterocycles. The minimum absolute atomic E-state index is 0. The van der Waals surface area contributed by atoms with E-state index in [0.717, 1.165) is 27.6 Å². The summed E-state index contributed by atoms with van der Waals surface area (Å²) in [5.74, 6) is -0.0538. The summed E-state index contributed by atoms with van der Waals surface area (Å²) in [6.07, 6.45) is 0. The van der Waals surface area contributed by atoms with Gasteiger partial charge in [0, 0.05) is 19.1 Å². The standard InChI is InChI=1S/C20H27N5OS.ClH/c1-13(2)25-17(12-15(4)22-25)19(26)24(10-9-23(5)6)20-21-16-8-7-14(3)11-18(16)27-20;/h7-8,11-13H,9-10H2,1-6H3;1H. The minimum atomic E-state index is -0.0538. The maximum atomic E-state index is 13.5. The summed E-state index contributed by atoms with van der Waals surface area (Å²) in [5.41, 5.74) is 3.57. The number of aryl methyl sites for hydroxylation is 2. The molecule has 28 heavy (non-hydrogen) atoms. The molecule has 0 bridgehead atoms. The number of hydrogen-bond acceptors (Lipinski definition) is 5. The molecule has 0 aliphatic carbocycles.